The van der Waals surface area contributed by atoms with Gasteiger partial charge in [0.2, 0.25) is 0 Å². The first-order valence-corrected chi connectivity index (χ1v) is 10.9. The third kappa shape index (κ3) is 4.59. The lowest BCUT2D eigenvalue weighted by atomic mass is 9.86. The van der Waals surface area contributed by atoms with Crippen LogP contribution in [0.2, 0.25) is 0 Å². The summed E-state index contributed by atoms with van der Waals surface area (Å²) in [5.74, 6) is 0.189. The largest absolute Gasteiger partial charge is 0.444 e. The van der Waals surface area contributed by atoms with Crippen LogP contribution in [-0.4, -0.2) is 53.8 Å². The highest BCUT2D eigenvalue weighted by molar-refractivity contribution is 5.97. The summed E-state index contributed by atoms with van der Waals surface area (Å²) in [5.41, 5.74) is 4.17. The van der Waals surface area contributed by atoms with Gasteiger partial charge in [-0.15, -0.1) is 0 Å². The van der Waals surface area contributed by atoms with Crippen molar-refractivity contribution in [3.63, 3.8) is 0 Å². The van der Waals surface area contributed by atoms with Gasteiger partial charge in [-0.3, -0.25) is 4.79 Å². The summed E-state index contributed by atoms with van der Waals surface area (Å²) in [6.45, 7) is 7.37. The maximum absolute atomic E-state index is 12.8. The fourth-order valence-corrected chi connectivity index (χ4v) is 4.52. The van der Waals surface area contributed by atoms with Crippen molar-refractivity contribution in [2.24, 2.45) is 5.92 Å². The van der Waals surface area contributed by atoms with Crippen molar-refractivity contribution in [2.75, 3.05) is 26.2 Å². The van der Waals surface area contributed by atoms with E-state index in [1.807, 2.05) is 57.2 Å². The SMILES string of the molecule is CC(C)(C)OC(=O)N1C[C@H]2CNC(=O)c3cc(-c4cccc(CCO)c4)ccc3[C@@H]2C1. The highest BCUT2D eigenvalue weighted by Gasteiger charge is 2.41. The first-order valence-electron chi connectivity index (χ1n) is 10.9. The van der Waals surface area contributed by atoms with Crippen molar-refractivity contribution in [1.82, 2.24) is 10.2 Å². The predicted molar refractivity (Wildman–Crippen MR) is 119 cm³/mol. The van der Waals surface area contributed by atoms with Crippen molar-refractivity contribution in [3.8, 4) is 11.1 Å². The van der Waals surface area contributed by atoms with Crippen LogP contribution in [0.15, 0.2) is 42.5 Å². The Morgan fingerprint density at radius 2 is 1.94 bits per heavy atom. The minimum Gasteiger partial charge on any atom is -0.444 e. The van der Waals surface area contributed by atoms with Gasteiger partial charge in [0.05, 0.1) is 0 Å². The lowest BCUT2D eigenvalue weighted by molar-refractivity contribution is 0.0287. The van der Waals surface area contributed by atoms with Gasteiger partial charge in [-0.2, -0.15) is 0 Å². The van der Waals surface area contributed by atoms with Crippen LogP contribution in [0.5, 0.6) is 0 Å². The Hall–Kier alpha value is -2.86. The minimum atomic E-state index is -0.534. The number of likely N-dealkylation sites (tertiary alicyclic amines) is 1. The number of rotatable bonds is 3. The normalized spacial score (nSPS) is 20.5. The Labute approximate surface area is 183 Å². The summed E-state index contributed by atoms with van der Waals surface area (Å²) < 4.78 is 5.56. The molecule has 6 nitrogen and oxygen atoms in total. The monoisotopic (exact) mass is 422 g/mol. The van der Waals surface area contributed by atoms with Crippen molar-refractivity contribution in [1.29, 1.82) is 0 Å². The van der Waals surface area contributed by atoms with E-state index in [1.165, 1.54) is 0 Å². The summed E-state index contributed by atoms with van der Waals surface area (Å²) in [4.78, 5) is 27.2. The van der Waals surface area contributed by atoms with Crippen LogP contribution in [-0.2, 0) is 11.2 Å². The van der Waals surface area contributed by atoms with Gasteiger partial charge in [0.1, 0.15) is 5.60 Å². The number of fused-ring (bicyclic) bond motifs is 3. The summed E-state index contributed by atoms with van der Waals surface area (Å²) in [5, 5.41) is 12.3. The number of carbonyl (C=O) groups is 2. The molecule has 2 aliphatic heterocycles. The Kier molecular flexibility index (Phi) is 5.75. The third-order valence-corrected chi connectivity index (χ3v) is 5.98. The van der Waals surface area contributed by atoms with Crippen LogP contribution in [0.3, 0.4) is 0 Å². The predicted octanol–water partition coefficient (Wildman–Crippen LogP) is 3.58. The van der Waals surface area contributed by atoms with Crippen LogP contribution in [0, 0.1) is 5.92 Å². The fraction of sp³-hybridized carbons (Fsp3) is 0.440. The molecule has 4 rings (SSSR count). The zero-order chi connectivity index (χ0) is 22.2. The highest BCUT2D eigenvalue weighted by atomic mass is 16.6. The molecule has 1 fully saturated rings. The molecule has 2 amide bonds. The molecule has 0 spiro atoms. The summed E-state index contributed by atoms with van der Waals surface area (Å²) >= 11 is 0. The number of nitrogens with zero attached hydrogens (tertiary/aromatic N) is 1. The van der Waals surface area contributed by atoms with E-state index < -0.39 is 5.60 Å². The molecule has 164 valence electrons. The molecule has 2 aromatic rings. The molecule has 2 atom stereocenters. The molecule has 2 aromatic carbocycles. The number of aliphatic hydroxyl groups excluding tert-OH is 1. The van der Waals surface area contributed by atoms with Gasteiger partial charge in [-0.05, 0) is 55.5 Å². The average molecular weight is 423 g/mol. The number of carbonyl (C=O) groups excluding carboxylic acids is 2. The smallest absolute Gasteiger partial charge is 0.410 e. The van der Waals surface area contributed by atoms with Crippen LogP contribution in [0.1, 0.15) is 48.2 Å². The second-order valence-corrected chi connectivity index (χ2v) is 9.44. The molecule has 0 aliphatic carbocycles. The first kappa shape index (κ1) is 21.4. The molecule has 6 heteroatoms. The first-order chi connectivity index (χ1) is 14.7. The number of nitrogens with one attached hydrogen (secondary N) is 1. The van der Waals surface area contributed by atoms with E-state index in [0.29, 0.717) is 31.6 Å². The number of aliphatic hydroxyl groups is 1. The molecule has 1 saturated heterocycles. The molecule has 2 aliphatic rings. The van der Waals surface area contributed by atoms with Crippen molar-refractivity contribution in [2.45, 2.75) is 38.7 Å². The second kappa shape index (κ2) is 8.35. The lowest BCUT2D eigenvalue weighted by Crippen LogP contribution is -2.36. The highest BCUT2D eigenvalue weighted by Crippen LogP contribution is 2.38. The average Bonchev–Trinajstić information content (AvgIpc) is 3.10. The maximum atomic E-state index is 12.8. The van der Waals surface area contributed by atoms with Crippen LogP contribution < -0.4 is 5.32 Å². The molecule has 2 N–H and O–H groups in total. The molecule has 0 aromatic heterocycles. The molecule has 0 unspecified atom stereocenters. The minimum absolute atomic E-state index is 0.0680. The zero-order valence-electron chi connectivity index (χ0n) is 18.4. The van der Waals surface area contributed by atoms with Gasteiger partial charge in [0.15, 0.2) is 0 Å². The molecule has 0 saturated carbocycles. The molecule has 0 bridgehead atoms. The Balaban J connectivity index is 1.63. The van der Waals surface area contributed by atoms with Gasteiger partial charge in [0.25, 0.3) is 5.91 Å². The number of benzene rings is 2. The van der Waals surface area contributed by atoms with Gasteiger partial charge in [-0.1, -0.05) is 36.4 Å². The maximum Gasteiger partial charge on any atom is 0.410 e. The van der Waals surface area contributed by atoms with Gasteiger partial charge in [0, 0.05) is 43.6 Å². The quantitative estimate of drug-likeness (QED) is 0.793. The van der Waals surface area contributed by atoms with Crippen LogP contribution >= 0.6 is 0 Å². The second-order valence-electron chi connectivity index (χ2n) is 9.44. The molecule has 31 heavy (non-hydrogen) atoms. The van der Waals surface area contributed by atoms with Gasteiger partial charge < -0.3 is 20.1 Å². The van der Waals surface area contributed by atoms with E-state index in [4.69, 9.17) is 4.74 Å². The van der Waals surface area contributed by atoms with Gasteiger partial charge >= 0.3 is 6.09 Å². The topological polar surface area (TPSA) is 78.9 Å². The molecular formula is C25H30N2O4. The summed E-state index contributed by atoms with van der Waals surface area (Å²) in [6, 6.07) is 14.0. The van der Waals surface area contributed by atoms with E-state index in [2.05, 4.69) is 11.4 Å². The molecule has 0 radical (unpaired) electrons. The third-order valence-electron chi connectivity index (χ3n) is 5.98. The number of hydrogen-bond acceptors (Lipinski definition) is 4. The Morgan fingerprint density at radius 1 is 1.16 bits per heavy atom. The van der Waals surface area contributed by atoms with E-state index in [1.54, 1.807) is 4.90 Å². The standard InChI is InChI=1S/C25H30N2O4/c1-25(2,3)31-24(30)27-14-19-13-26-23(29)21-12-18(7-8-20(21)22(19)15-27)17-6-4-5-16(11-17)9-10-28/h4-8,11-12,19,22,28H,9-10,13-15H2,1-3H3,(H,26,29)/t19-,22-/m1/s1. The Morgan fingerprint density at radius 3 is 2.68 bits per heavy atom. The number of hydrogen-bond donors (Lipinski definition) is 2. The summed E-state index contributed by atoms with van der Waals surface area (Å²) in [7, 11) is 0. The van der Waals surface area contributed by atoms with Crippen molar-refractivity contribution in [3.05, 3.63) is 59.2 Å². The zero-order valence-corrected chi connectivity index (χ0v) is 18.4. The lowest BCUT2D eigenvalue weighted by Gasteiger charge is -2.24. The van der Waals surface area contributed by atoms with E-state index in [-0.39, 0.29) is 30.4 Å². The summed E-state index contributed by atoms with van der Waals surface area (Å²) in [6.07, 6.45) is 0.301. The number of ether oxygens (including phenoxy) is 1. The number of amides is 2. The van der Waals surface area contributed by atoms with Crippen LogP contribution in [0.4, 0.5) is 4.79 Å². The Bertz CT molecular complexity index is 995. The van der Waals surface area contributed by atoms with E-state index in [0.717, 1.165) is 22.3 Å². The van der Waals surface area contributed by atoms with E-state index in [9.17, 15) is 14.7 Å². The van der Waals surface area contributed by atoms with E-state index >= 15 is 0 Å². The van der Waals surface area contributed by atoms with Crippen molar-refractivity contribution >= 4 is 12.0 Å². The molecular weight excluding hydrogens is 392 g/mol. The van der Waals surface area contributed by atoms with Gasteiger partial charge in [-0.25, -0.2) is 4.79 Å². The fourth-order valence-electron chi connectivity index (χ4n) is 4.52. The molecule has 2 heterocycles. The van der Waals surface area contributed by atoms with Crippen molar-refractivity contribution < 1.29 is 19.4 Å². The van der Waals surface area contributed by atoms with Crippen LogP contribution in [0.25, 0.3) is 11.1 Å².